The highest BCUT2D eigenvalue weighted by Crippen LogP contribution is 2.18. The normalized spacial score (nSPS) is 13.3. The van der Waals surface area contributed by atoms with Gasteiger partial charge in [0.15, 0.2) is 0 Å². The molecule has 0 saturated carbocycles. The molecule has 0 heterocycles. The molecule has 1 rings (SSSR count). The maximum Gasteiger partial charge on any atom is 0.269 e. The Balaban J connectivity index is 2.61. The van der Waals surface area contributed by atoms with Crippen LogP contribution in [-0.2, 0) is 10.1 Å². The van der Waals surface area contributed by atoms with Crippen molar-refractivity contribution in [2.75, 3.05) is 17.8 Å². The lowest BCUT2D eigenvalue weighted by molar-refractivity contribution is -0.384. The van der Waals surface area contributed by atoms with E-state index in [1.165, 1.54) is 17.1 Å². The predicted octanol–water partition coefficient (Wildman–Crippen LogP) is 1.93. The molecule has 1 aromatic carbocycles. The van der Waals surface area contributed by atoms with Gasteiger partial charge in [0, 0.05) is 25.4 Å². The number of nitrogens with zero attached hydrogens (tertiary/aromatic N) is 3. The van der Waals surface area contributed by atoms with E-state index in [4.69, 9.17) is 4.55 Å². The van der Waals surface area contributed by atoms with Crippen molar-refractivity contribution < 1.29 is 17.9 Å². The van der Waals surface area contributed by atoms with E-state index in [1.807, 2.05) is 0 Å². The van der Waals surface area contributed by atoms with Gasteiger partial charge in [-0.15, -0.1) is 0 Å². The van der Waals surface area contributed by atoms with Gasteiger partial charge in [0.1, 0.15) is 0 Å². The van der Waals surface area contributed by atoms with Crippen LogP contribution in [0.15, 0.2) is 29.4 Å². The SMILES string of the molecule is CC(C=NN(C)c1ccc([N+](=O)[O-])cc1)CCS(=O)(=O)O. The molecular weight excluding hydrogens is 298 g/mol. The van der Waals surface area contributed by atoms with Gasteiger partial charge in [0.2, 0.25) is 0 Å². The number of non-ortho nitro benzene ring substituents is 1. The lowest BCUT2D eigenvalue weighted by Gasteiger charge is -2.13. The van der Waals surface area contributed by atoms with Gasteiger partial charge in [-0.2, -0.15) is 13.5 Å². The molecule has 8 nitrogen and oxygen atoms in total. The first kappa shape index (κ1) is 17.1. The summed E-state index contributed by atoms with van der Waals surface area (Å²) >= 11 is 0. The van der Waals surface area contributed by atoms with Crippen LogP contribution in [0.25, 0.3) is 0 Å². The third kappa shape index (κ3) is 6.32. The van der Waals surface area contributed by atoms with Crippen LogP contribution in [0.2, 0.25) is 0 Å². The Morgan fingerprint density at radius 2 is 2.00 bits per heavy atom. The monoisotopic (exact) mass is 315 g/mol. The maximum atomic E-state index is 10.6. The molecule has 0 aliphatic carbocycles. The molecule has 0 radical (unpaired) electrons. The summed E-state index contributed by atoms with van der Waals surface area (Å²) in [6.45, 7) is 1.78. The zero-order valence-corrected chi connectivity index (χ0v) is 12.5. The molecule has 0 aromatic heterocycles. The Kier molecular flexibility index (Phi) is 5.79. The average molecular weight is 315 g/mol. The van der Waals surface area contributed by atoms with Crippen LogP contribution in [0.1, 0.15) is 13.3 Å². The van der Waals surface area contributed by atoms with Gasteiger partial charge < -0.3 is 0 Å². The summed E-state index contributed by atoms with van der Waals surface area (Å²) in [7, 11) is -2.29. The van der Waals surface area contributed by atoms with Gasteiger partial charge in [-0.1, -0.05) is 6.92 Å². The Hall–Kier alpha value is -2.00. The molecule has 1 atom stereocenters. The first-order valence-corrected chi connectivity index (χ1v) is 7.77. The molecule has 21 heavy (non-hydrogen) atoms. The first-order chi connectivity index (χ1) is 9.69. The Labute approximate surface area is 123 Å². The fourth-order valence-electron chi connectivity index (χ4n) is 1.48. The Bertz CT molecular complexity index is 612. The van der Waals surface area contributed by atoms with Gasteiger partial charge in [0.25, 0.3) is 15.8 Å². The zero-order valence-electron chi connectivity index (χ0n) is 11.7. The third-order valence-corrected chi connectivity index (χ3v) is 3.51. The quantitative estimate of drug-likeness (QED) is 0.356. The van der Waals surface area contributed by atoms with Crippen molar-refractivity contribution in [3.8, 4) is 0 Å². The minimum atomic E-state index is -3.96. The summed E-state index contributed by atoms with van der Waals surface area (Å²) in [6.07, 6.45) is 1.82. The van der Waals surface area contributed by atoms with E-state index < -0.39 is 15.0 Å². The fourth-order valence-corrected chi connectivity index (χ4v) is 2.15. The van der Waals surface area contributed by atoms with Gasteiger partial charge in [0.05, 0.1) is 16.4 Å². The van der Waals surface area contributed by atoms with E-state index in [-0.39, 0.29) is 23.8 Å². The minimum Gasteiger partial charge on any atom is -0.286 e. The maximum absolute atomic E-state index is 10.6. The summed E-state index contributed by atoms with van der Waals surface area (Å²) in [5.41, 5.74) is 0.663. The fraction of sp³-hybridized carbons (Fsp3) is 0.417. The highest BCUT2D eigenvalue weighted by atomic mass is 32.2. The van der Waals surface area contributed by atoms with Gasteiger partial charge in [-0.05, 0) is 24.5 Å². The molecule has 0 saturated heterocycles. The number of benzene rings is 1. The van der Waals surface area contributed by atoms with E-state index >= 15 is 0 Å². The van der Waals surface area contributed by atoms with E-state index in [1.54, 1.807) is 32.3 Å². The number of hydrogen-bond donors (Lipinski definition) is 1. The molecular formula is C12H17N3O5S. The summed E-state index contributed by atoms with van der Waals surface area (Å²) in [4.78, 5) is 10.1. The van der Waals surface area contributed by atoms with Crippen LogP contribution in [0.5, 0.6) is 0 Å². The highest BCUT2D eigenvalue weighted by Gasteiger charge is 2.09. The van der Waals surface area contributed by atoms with Crippen molar-refractivity contribution in [3.05, 3.63) is 34.4 Å². The van der Waals surface area contributed by atoms with Crippen LogP contribution >= 0.6 is 0 Å². The molecule has 1 aromatic rings. The van der Waals surface area contributed by atoms with Crippen LogP contribution < -0.4 is 5.01 Å². The van der Waals surface area contributed by atoms with Crippen molar-refractivity contribution in [1.29, 1.82) is 0 Å². The molecule has 0 spiro atoms. The molecule has 1 N–H and O–H groups in total. The highest BCUT2D eigenvalue weighted by molar-refractivity contribution is 7.85. The van der Waals surface area contributed by atoms with E-state index in [0.29, 0.717) is 5.69 Å². The Morgan fingerprint density at radius 3 is 2.48 bits per heavy atom. The minimum absolute atomic E-state index is 0.00218. The standard InChI is InChI=1S/C12H17N3O5S/c1-10(7-8-21(18,19)20)9-13-14(2)11-3-5-12(6-4-11)15(16)17/h3-6,9-10H,7-8H2,1-2H3,(H,18,19,20). The second-order valence-corrected chi connectivity index (χ2v) is 6.19. The van der Waals surface area contributed by atoms with Gasteiger partial charge in [-0.25, -0.2) is 0 Å². The van der Waals surface area contributed by atoms with Crippen molar-refractivity contribution >= 4 is 27.7 Å². The molecule has 116 valence electrons. The van der Waals surface area contributed by atoms with Crippen molar-refractivity contribution in [3.63, 3.8) is 0 Å². The molecule has 0 aliphatic rings. The number of hydrogen-bond acceptors (Lipinski definition) is 6. The summed E-state index contributed by atoms with van der Waals surface area (Å²) in [6, 6.07) is 5.89. The number of anilines is 1. The lowest BCUT2D eigenvalue weighted by atomic mass is 10.1. The summed E-state index contributed by atoms with van der Waals surface area (Å²) < 4.78 is 29.9. The predicted molar refractivity (Wildman–Crippen MR) is 80.2 cm³/mol. The van der Waals surface area contributed by atoms with Gasteiger partial charge in [-0.3, -0.25) is 19.7 Å². The van der Waals surface area contributed by atoms with Crippen molar-refractivity contribution in [1.82, 2.24) is 0 Å². The molecule has 1 unspecified atom stereocenters. The van der Waals surface area contributed by atoms with Crippen LogP contribution in [0.3, 0.4) is 0 Å². The smallest absolute Gasteiger partial charge is 0.269 e. The third-order valence-electron chi connectivity index (χ3n) is 2.76. The number of nitro groups is 1. The number of nitro benzene ring substituents is 1. The molecule has 0 aliphatic heterocycles. The summed E-state index contributed by atoms with van der Waals surface area (Å²) in [5, 5.41) is 16.2. The molecule has 9 heteroatoms. The second kappa shape index (κ2) is 7.14. The van der Waals surface area contributed by atoms with E-state index in [9.17, 15) is 18.5 Å². The first-order valence-electron chi connectivity index (χ1n) is 6.16. The number of hydrazone groups is 1. The van der Waals surface area contributed by atoms with Crippen molar-refractivity contribution in [2.24, 2.45) is 11.0 Å². The van der Waals surface area contributed by atoms with Crippen LogP contribution in [0.4, 0.5) is 11.4 Å². The van der Waals surface area contributed by atoms with Gasteiger partial charge >= 0.3 is 0 Å². The van der Waals surface area contributed by atoms with Crippen LogP contribution in [-0.4, -0.2) is 36.9 Å². The number of rotatable bonds is 7. The van der Waals surface area contributed by atoms with Crippen LogP contribution in [0, 0.1) is 16.0 Å². The molecule has 0 bridgehead atoms. The lowest BCUT2D eigenvalue weighted by Crippen LogP contribution is -2.13. The largest absolute Gasteiger partial charge is 0.286 e. The topological polar surface area (TPSA) is 113 Å². The second-order valence-electron chi connectivity index (χ2n) is 4.61. The molecule has 0 fully saturated rings. The Morgan fingerprint density at radius 1 is 1.43 bits per heavy atom. The average Bonchev–Trinajstić information content (AvgIpc) is 2.41. The van der Waals surface area contributed by atoms with E-state index in [2.05, 4.69) is 5.10 Å². The van der Waals surface area contributed by atoms with E-state index in [0.717, 1.165) is 0 Å². The zero-order chi connectivity index (χ0) is 16.0. The summed E-state index contributed by atoms with van der Waals surface area (Å²) in [5.74, 6) is -0.450. The van der Waals surface area contributed by atoms with Crippen molar-refractivity contribution in [2.45, 2.75) is 13.3 Å². The molecule has 0 amide bonds.